The number of allylic oxidation sites excluding steroid dienone is 2. The van der Waals surface area contributed by atoms with Crippen LogP contribution in [-0.2, 0) is 11.3 Å². The molecule has 3 saturated carbocycles. The second kappa shape index (κ2) is 6.66. The molecule has 5 rings (SSSR count). The number of aliphatic hydroxyl groups excluding tert-OH is 1. The zero-order valence-electron chi connectivity index (χ0n) is 18.0. The molecule has 1 aromatic heterocycles. The maximum absolute atomic E-state index is 13.5. The molecule has 1 aromatic rings. The first-order chi connectivity index (χ1) is 13.8. The quantitative estimate of drug-likeness (QED) is 0.580. The van der Waals surface area contributed by atoms with Crippen LogP contribution in [0.25, 0.3) is 6.08 Å². The molecule has 6 atom stereocenters. The molecule has 4 aliphatic rings. The average Bonchev–Trinajstić information content (AvgIpc) is 3.26. The van der Waals surface area contributed by atoms with E-state index in [0.29, 0.717) is 23.5 Å². The minimum absolute atomic E-state index is 0.161. The molecule has 0 radical (unpaired) electrons. The van der Waals surface area contributed by atoms with Crippen molar-refractivity contribution in [2.24, 2.45) is 28.6 Å². The molecular weight excluding hydrogens is 360 g/mol. The molecule has 0 bridgehead atoms. The van der Waals surface area contributed by atoms with Crippen molar-refractivity contribution in [3.8, 4) is 0 Å². The summed E-state index contributed by atoms with van der Waals surface area (Å²) in [5.41, 5.74) is 3.57. The van der Waals surface area contributed by atoms with E-state index < -0.39 is 0 Å². The van der Waals surface area contributed by atoms with Crippen LogP contribution in [0.3, 0.4) is 0 Å². The standard InChI is InChI=1S/C25H34N2O2/c1-4-27-15-16(14-26-27)11-17-12-22-20-6-5-18-13-19(28)7-9-24(18,2)21(20)8-10-25(22,3)23(17)29/h5,11,14-15,19-22,28H,4,6-10,12-13H2,1-3H3/b17-11+/t19-,20-,21+,22+,24+,25+/m1/s1. The second-order valence-corrected chi connectivity index (χ2v) is 10.4. The molecule has 0 spiro atoms. The molecule has 4 nitrogen and oxygen atoms in total. The Kier molecular flexibility index (Phi) is 4.43. The minimum Gasteiger partial charge on any atom is -0.393 e. The number of carbonyl (C=O) groups excluding carboxylic acids is 1. The van der Waals surface area contributed by atoms with Crippen molar-refractivity contribution in [1.29, 1.82) is 0 Å². The normalized spacial score (nSPS) is 43.0. The lowest BCUT2D eigenvalue weighted by molar-refractivity contribution is -0.130. The highest BCUT2D eigenvalue weighted by Crippen LogP contribution is 2.64. The fraction of sp³-hybridized carbons (Fsp3) is 0.680. The van der Waals surface area contributed by atoms with Crippen molar-refractivity contribution in [1.82, 2.24) is 9.78 Å². The van der Waals surface area contributed by atoms with E-state index in [-0.39, 0.29) is 16.9 Å². The van der Waals surface area contributed by atoms with Gasteiger partial charge in [0.05, 0.1) is 12.3 Å². The van der Waals surface area contributed by atoms with E-state index in [9.17, 15) is 9.90 Å². The molecule has 0 saturated heterocycles. The number of aliphatic hydroxyl groups is 1. The van der Waals surface area contributed by atoms with Gasteiger partial charge in [0.1, 0.15) is 0 Å². The second-order valence-electron chi connectivity index (χ2n) is 10.4. The Bertz CT molecular complexity index is 896. The SMILES string of the molecule is CCn1cc(/C=C2\C[C@H]3[C@@H]4CC=C5C[C@H](O)CC[C@]5(C)[C@H]4CC[C@]3(C)C2=O)cn1. The largest absolute Gasteiger partial charge is 0.393 e. The smallest absolute Gasteiger partial charge is 0.165 e. The van der Waals surface area contributed by atoms with E-state index in [0.717, 1.165) is 62.6 Å². The first kappa shape index (κ1) is 19.3. The van der Waals surface area contributed by atoms with Gasteiger partial charge >= 0.3 is 0 Å². The van der Waals surface area contributed by atoms with Gasteiger partial charge in [0.2, 0.25) is 0 Å². The first-order valence-electron chi connectivity index (χ1n) is 11.5. The van der Waals surface area contributed by atoms with E-state index in [4.69, 9.17) is 0 Å². The number of carbonyl (C=O) groups is 1. The highest BCUT2D eigenvalue weighted by atomic mass is 16.3. The van der Waals surface area contributed by atoms with Crippen LogP contribution in [0.5, 0.6) is 0 Å². The summed E-state index contributed by atoms with van der Waals surface area (Å²) >= 11 is 0. The molecule has 0 aromatic carbocycles. The fourth-order valence-electron chi connectivity index (χ4n) is 7.27. The number of aromatic nitrogens is 2. The molecular formula is C25H34N2O2. The number of nitrogens with zero attached hydrogens (tertiary/aromatic N) is 2. The molecule has 0 unspecified atom stereocenters. The lowest BCUT2D eigenvalue weighted by Crippen LogP contribution is -2.50. The van der Waals surface area contributed by atoms with Gasteiger partial charge in [-0.2, -0.15) is 5.10 Å². The Labute approximate surface area is 174 Å². The minimum atomic E-state index is -0.205. The zero-order valence-corrected chi connectivity index (χ0v) is 18.0. The Morgan fingerprint density at radius 2 is 2.00 bits per heavy atom. The molecule has 29 heavy (non-hydrogen) atoms. The van der Waals surface area contributed by atoms with E-state index in [1.807, 2.05) is 17.1 Å². The monoisotopic (exact) mass is 394 g/mol. The maximum Gasteiger partial charge on any atom is 0.165 e. The molecule has 0 aliphatic heterocycles. The number of hydrogen-bond donors (Lipinski definition) is 1. The lowest BCUT2D eigenvalue weighted by Gasteiger charge is -2.56. The third-order valence-electron chi connectivity index (χ3n) is 9.04. The van der Waals surface area contributed by atoms with Gasteiger partial charge < -0.3 is 5.11 Å². The van der Waals surface area contributed by atoms with E-state index in [1.165, 1.54) is 5.57 Å². The first-order valence-corrected chi connectivity index (χ1v) is 11.5. The van der Waals surface area contributed by atoms with Gasteiger partial charge in [-0.15, -0.1) is 0 Å². The third kappa shape index (κ3) is 2.82. The Balaban J connectivity index is 1.46. The van der Waals surface area contributed by atoms with E-state index >= 15 is 0 Å². The number of hydrogen-bond acceptors (Lipinski definition) is 3. The van der Waals surface area contributed by atoms with Gasteiger partial charge in [-0.1, -0.05) is 25.5 Å². The average molecular weight is 395 g/mol. The molecule has 4 heteroatoms. The Morgan fingerprint density at radius 3 is 2.76 bits per heavy atom. The highest BCUT2D eigenvalue weighted by Gasteiger charge is 2.59. The summed E-state index contributed by atoms with van der Waals surface area (Å²) in [5, 5.41) is 14.5. The number of Topliss-reactive ketones (excluding diaryl/α,β-unsaturated/α-hetero) is 1. The highest BCUT2D eigenvalue weighted by molar-refractivity contribution is 6.05. The van der Waals surface area contributed by atoms with Crippen molar-refractivity contribution >= 4 is 11.9 Å². The molecule has 3 fully saturated rings. The molecule has 156 valence electrons. The summed E-state index contributed by atoms with van der Waals surface area (Å²) in [6, 6.07) is 0. The topological polar surface area (TPSA) is 55.1 Å². The van der Waals surface area contributed by atoms with Gasteiger partial charge in [0.15, 0.2) is 5.78 Å². The van der Waals surface area contributed by atoms with Gasteiger partial charge in [0, 0.05) is 23.7 Å². The number of rotatable bonds is 2. The fourth-order valence-corrected chi connectivity index (χ4v) is 7.27. The Morgan fingerprint density at radius 1 is 1.21 bits per heavy atom. The number of aryl methyl sites for hydroxylation is 1. The van der Waals surface area contributed by atoms with Crippen molar-refractivity contribution in [2.45, 2.75) is 78.4 Å². The van der Waals surface area contributed by atoms with Gasteiger partial charge in [0.25, 0.3) is 0 Å². The van der Waals surface area contributed by atoms with Gasteiger partial charge in [-0.3, -0.25) is 9.48 Å². The van der Waals surface area contributed by atoms with Crippen LogP contribution in [0.1, 0.15) is 71.3 Å². The van der Waals surface area contributed by atoms with Crippen molar-refractivity contribution in [3.63, 3.8) is 0 Å². The maximum atomic E-state index is 13.5. The lowest BCUT2D eigenvalue weighted by atomic mass is 9.48. The Hall–Kier alpha value is -1.68. The summed E-state index contributed by atoms with van der Waals surface area (Å²) in [6.07, 6.45) is 15.3. The molecule has 1 heterocycles. The zero-order chi connectivity index (χ0) is 20.4. The predicted octanol–water partition coefficient (Wildman–Crippen LogP) is 4.79. The van der Waals surface area contributed by atoms with Crippen molar-refractivity contribution in [3.05, 3.63) is 35.2 Å². The van der Waals surface area contributed by atoms with Crippen LogP contribution >= 0.6 is 0 Å². The van der Waals surface area contributed by atoms with E-state index in [1.54, 1.807) is 0 Å². The molecule has 4 aliphatic carbocycles. The number of fused-ring (bicyclic) bond motifs is 5. The van der Waals surface area contributed by atoms with Crippen LogP contribution in [0.2, 0.25) is 0 Å². The summed E-state index contributed by atoms with van der Waals surface area (Å²) in [7, 11) is 0. The van der Waals surface area contributed by atoms with Crippen LogP contribution in [0, 0.1) is 28.6 Å². The van der Waals surface area contributed by atoms with Gasteiger partial charge in [-0.05, 0) is 86.7 Å². The summed E-state index contributed by atoms with van der Waals surface area (Å²) in [6.45, 7) is 7.61. The van der Waals surface area contributed by atoms with Crippen molar-refractivity contribution in [2.75, 3.05) is 0 Å². The van der Waals surface area contributed by atoms with Crippen LogP contribution in [-0.4, -0.2) is 26.8 Å². The van der Waals surface area contributed by atoms with Crippen LogP contribution in [0.4, 0.5) is 0 Å². The van der Waals surface area contributed by atoms with E-state index in [2.05, 4.69) is 38.0 Å². The molecule has 1 N–H and O–H groups in total. The van der Waals surface area contributed by atoms with Gasteiger partial charge in [-0.25, -0.2) is 0 Å². The summed E-state index contributed by atoms with van der Waals surface area (Å²) < 4.78 is 1.92. The predicted molar refractivity (Wildman–Crippen MR) is 114 cm³/mol. The molecule has 0 amide bonds. The summed E-state index contributed by atoms with van der Waals surface area (Å²) in [5.74, 6) is 2.07. The van der Waals surface area contributed by atoms with Crippen LogP contribution < -0.4 is 0 Å². The third-order valence-corrected chi connectivity index (χ3v) is 9.04. The van der Waals surface area contributed by atoms with Crippen molar-refractivity contribution < 1.29 is 9.90 Å². The van der Waals surface area contributed by atoms with Crippen LogP contribution in [0.15, 0.2) is 29.6 Å². The summed E-state index contributed by atoms with van der Waals surface area (Å²) in [4.78, 5) is 13.5. The number of ketones is 1.